The van der Waals surface area contributed by atoms with Crippen LogP contribution >= 0.6 is 0 Å². The summed E-state index contributed by atoms with van der Waals surface area (Å²) in [6.07, 6.45) is 2.91. The van der Waals surface area contributed by atoms with Crippen LogP contribution in [0.4, 0.5) is 14.5 Å². The molecule has 28 heavy (non-hydrogen) atoms. The molecule has 0 radical (unpaired) electrons. The third kappa shape index (κ3) is 3.73. The molecule has 8 heteroatoms. The number of halogens is 2. The molecule has 1 aliphatic rings. The SMILES string of the molecule is Cc1cc(NC(=O)c2cccc(C(F)F)n2)cn2cc(C3CCOCC3)nc12. The first-order chi connectivity index (χ1) is 13.5. The minimum atomic E-state index is -2.72. The zero-order valence-electron chi connectivity index (χ0n) is 15.4. The number of nitrogens with zero attached hydrogens (tertiary/aromatic N) is 3. The predicted octanol–water partition coefficient (Wildman–Crippen LogP) is 4.12. The molecule has 1 N–H and O–H groups in total. The van der Waals surface area contributed by atoms with Crippen LogP contribution in [-0.2, 0) is 4.74 Å². The average Bonchev–Trinajstić information content (AvgIpc) is 3.13. The molecule has 0 bridgehead atoms. The van der Waals surface area contributed by atoms with Crippen molar-refractivity contribution in [3.8, 4) is 0 Å². The largest absolute Gasteiger partial charge is 0.381 e. The number of alkyl halides is 2. The summed E-state index contributed by atoms with van der Waals surface area (Å²) in [4.78, 5) is 20.9. The molecular weight excluding hydrogens is 366 g/mol. The molecule has 3 aromatic rings. The van der Waals surface area contributed by atoms with Gasteiger partial charge in [-0.05, 0) is 43.5 Å². The van der Waals surface area contributed by atoms with Crippen molar-refractivity contribution in [2.75, 3.05) is 18.5 Å². The van der Waals surface area contributed by atoms with E-state index in [-0.39, 0.29) is 5.69 Å². The van der Waals surface area contributed by atoms with E-state index >= 15 is 0 Å². The second kappa shape index (κ2) is 7.63. The van der Waals surface area contributed by atoms with Gasteiger partial charge in [-0.15, -0.1) is 0 Å². The Labute approximate surface area is 160 Å². The van der Waals surface area contributed by atoms with Gasteiger partial charge in [0.1, 0.15) is 17.0 Å². The van der Waals surface area contributed by atoms with E-state index in [1.807, 2.05) is 23.6 Å². The number of anilines is 1. The zero-order chi connectivity index (χ0) is 19.7. The number of ether oxygens (including phenoxy) is 1. The van der Waals surface area contributed by atoms with Crippen LogP contribution in [0.3, 0.4) is 0 Å². The number of hydrogen-bond donors (Lipinski definition) is 1. The fraction of sp³-hybridized carbons (Fsp3) is 0.350. The van der Waals surface area contributed by atoms with E-state index in [0.29, 0.717) is 11.6 Å². The van der Waals surface area contributed by atoms with Gasteiger partial charge in [0.2, 0.25) is 0 Å². The lowest BCUT2D eigenvalue weighted by Crippen LogP contribution is -2.15. The minimum absolute atomic E-state index is 0.0518. The van der Waals surface area contributed by atoms with E-state index < -0.39 is 18.0 Å². The molecule has 3 aromatic heterocycles. The Morgan fingerprint density at radius 1 is 1.25 bits per heavy atom. The van der Waals surface area contributed by atoms with Gasteiger partial charge < -0.3 is 14.5 Å². The predicted molar refractivity (Wildman–Crippen MR) is 99.9 cm³/mol. The van der Waals surface area contributed by atoms with Crippen LogP contribution in [0.1, 0.15) is 52.6 Å². The molecular formula is C20H20F2N4O2. The molecule has 0 aliphatic carbocycles. The van der Waals surface area contributed by atoms with E-state index in [1.54, 1.807) is 6.20 Å². The average molecular weight is 386 g/mol. The lowest BCUT2D eigenvalue weighted by molar-refractivity contribution is 0.0846. The van der Waals surface area contributed by atoms with Crippen LogP contribution in [0, 0.1) is 6.92 Å². The Kier molecular flexibility index (Phi) is 5.04. The maximum absolute atomic E-state index is 12.8. The van der Waals surface area contributed by atoms with Crippen LogP contribution in [0.25, 0.3) is 5.65 Å². The van der Waals surface area contributed by atoms with E-state index in [1.165, 1.54) is 18.2 Å². The number of aromatic nitrogens is 3. The van der Waals surface area contributed by atoms with E-state index in [4.69, 9.17) is 9.72 Å². The number of pyridine rings is 2. The summed E-state index contributed by atoms with van der Waals surface area (Å²) in [7, 11) is 0. The van der Waals surface area contributed by atoms with Crippen molar-refractivity contribution in [3.05, 3.63) is 59.3 Å². The second-order valence-corrected chi connectivity index (χ2v) is 6.90. The highest BCUT2D eigenvalue weighted by Crippen LogP contribution is 2.28. The smallest absolute Gasteiger partial charge is 0.280 e. The molecule has 1 saturated heterocycles. The number of carbonyl (C=O) groups excluding carboxylic acids is 1. The Morgan fingerprint density at radius 3 is 2.79 bits per heavy atom. The van der Waals surface area contributed by atoms with Gasteiger partial charge >= 0.3 is 0 Å². The number of hydrogen-bond acceptors (Lipinski definition) is 4. The van der Waals surface area contributed by atoms with E-state index in [2.05, 4.69) is 10.3 Å². The van der Waals surface area contributed by atoms with Crippen molar-refractivity contribution >= 4 is 17.2 Å². The van der Waals surface area contributed by atoms with Gasteiger partial charge in [-0.2, -0.15) is 0 Å². The van der Waals surface area contributed by atoms with Crippen molar-refractivity contribution in [1.29, 1.82) is 0 Å². The Bertz CT molecular complexity index is 1010. The highest BCUT2D eigenvalue weighted by molar-refractivity contribution is 6.02. The maximum Gasteiger partial charge on any atom is 0.280 e. The van der Waals surface area contributed by atoms with Crippen molar-refractivity contribution in [2.45, 2.75) is 32.1 Å². The maximum atomic E-state index is 12.8. The van der Waals surface area contributed by atoms with Crippen molar-refractivity contribution in [2.24, 2.45) is 0 Å². The number of fused-ring (bicyclic) bond motifs is 1. The summed E-state index contributed by atoms with van der Waals surface area (Å²) in [5.41, 5.74) is 2.83. The summed E-state index contributed by atoms with van der Waals surface area (Å²) in [6, 6.07) is 5.81. The number of amides is 1. The first-order valence-electron chi connectivity index (χ1n) is 9.14. The third-order valence-corrected chi connectivity index (χ3v) is 4.88. The van der Waals surface area contributed by atoms with Gasteiger partial charge in [0.25, 0.3) is 12.3 Å². The monoisotopic (exact) mass is 386 g/mol. The van der Waals surface area contributed by atoms with E-state index in [9.17, 15) is 13.6 Å². The van der Waals surface area contributed by atoms with Crippen molar-refractivity contribution < 1.29 is 18.3 Å². The fourth-order valence-corrected chi connectivity index (χ4v) is 3.44. The second-order valence-electron chi connectivity index (χ2n) is 6.90. The minimum Gasteiger partial charge on any atom is -0.381 e. The summed E-state index contributed by atoms with van der Waals surface area (Å²) < 4.78 is 32.9. The first-order valence-corrected chi connectivity index (χ1v) is 9.14. The number of rotatable bonds is 4. The van der Waals surface area contributed by atoms with Gasteiger partial charge in [-0.3, -0.25) is 4.79 Å². The number of carbonyl (C=O) groups is 1. The molecule has 146 valence electrons. The molecule has 4 heterocycles. The van der Waals surface area contributed by atoms with E-state index in [0.717, 1.165) is 43.0 Å². The lowest BCUT2D eigenvalue weighted by Gasteiger charge is -2.19. The number of imidazole rings is 1. The van der Waals surface area contributed by atoms with Gasteiger partial charge in [-0.25, -0.2) is 18.7 Å². The fourth-order valence-electron chi connectivity index (χ4n) is 3.44. The van der Waals surface area contributed by atoms with Crippen LogP contribution in [0.15, 0.2) is 36.7 Å². The molecule has 0 atom stereocenters. The quantitative estimate of drug-likeness (QED) is 0.732. The molecule has 0 aromatic carbocycles. The Hall–Kier alpha value is -2.87. The van der Waals surface area contributed by atoms with Crippen molar-refractivity contribution in [3.63, 3.8) is 0 Å². The highest BCUT2D eigenvalue weighted by atomic mass is 19.3. The standard InChI is InChI=1S/C20H20F2N4O2/c1-12-9-14(23-20(27)16-4-2-3-15(24-16)18(21)22)10-26-11-17(25-19(12)26)13-5-7-28-8-6-13/h2-4,9-11,13,18H,5-8H2,1H3,(H,23,27). The van der Waals surface area contributed by atoms with Gasteiger partial charge in [0.05, 0.1) is 11.4 Å². The highest BCUT2D eigenvalue weighted by Gasteiger charge is 2.20. The molecule has 1 amide bonds. The normalized spacial score (nSPS) is 15.3. The number of aryl methyl sites for hydroxylation is 1. The van der Waals surface area contributed by atoms with Crippen LogP contribution in [-0.4, -0.2) is 33.5 Å². The summed E-state index contributed by atoms with van der Waals surface area (Å²) in [5.74, 6) is -0.168. The van der Waals surface area contributed by atoms with Gasteiger partial charge in [0.15, 0.2) is 0 Å². The molecule has 4 rings (SSSR count). The summed E-state index contributed by atoms with van der Waals surface area (Å²) in [6.45, 7) is 3.40. The molecule has 6 nitrogen and oxygen atoms in total. The van der Waals surface area contributed by atoms with Crippen LogP contribution in [0.2, 0.25) is 0 Å². The third-order valence-electron chi connectivity index (χ3n) is 4.88. The lowest BCUT2D eigenvalue weighted by atomic mass is 9.97. The van der Waals surface area contributed by atoms with Gasteiger partial charge in [0, 0.05) is 31.5 Å². The van der Waals surface area contributed by atoms with Gasteiger partial charge in [-0.1, -0.05) is 6.07 Å². The van der Waals surface area contributed by atoms with Crippen LogP contribution < -0.4 is 5.32 Å². The zero-order valence-corrected chi connectivity index (χ0v) is 15.4. The van der Waals surface area contributed by atoms with Crippen molar-refractivity contribution in [1.82, 2.24) is 14.4 Å². The number of nitrogens with one attached hydrogen (secondary N) is 1. The van der Waals surface area contributed by atoms with Crippen LogP contribution in [0.5, 0.6) is 0 Å². The Balaban J connectivity index is 1.58. The molecule has 0 saturated carbocycles. The molecule has 1 fully saturated rings. The Morgan fingerprint density at radius 2 is 2.04 bits per heavy atom. The molecule has 1 aliphatic heterocycles. The molecule has 0 unspecified atom stereocenters. The molecule has 0 spiro atoms. The first kappa shape index (κ1) is 18.5. The summed E-state index contributed by atoms with van der Waals surface area (Å²) >= 11 is 0. The topological polar surface area (TPSA) is 68.5 Å². The summed E-state index contributed by atoms with van der Waals surface area (Å²) in [5, 5.41) is 2.73.